The van der Waals surface area contributed by atoms with Crippen LogP contribution >= 0.6 is 11.6 Å². The molecule has 0 aliphatic heterocycles. The molecule has 2 rings (SSSR count). The summed E-state index contributed by atoms with van der Waals surface area (Å²) in [5.41, 5.74) is 0.332. The van der Waals surface area contributed by atoms with Gasteiger partial charge in [0.05, 0.1) is 16.5 Å². The lowest BCUT2D eigenvalue weighted by Gasteiger charge is -2.09. The number of benzene rings is 2. The zero-order chi connectivity index (χ0) is 19.9. The van der Waals surface area contributed by atoms with Gasteiger partial charge in [0, 0.05) is 19.3 Å². The number of sulfonamides is 1. The van der Waals surface area contributed by atoms with Crippen molar-refractivity contribution < 1.29 is 27.1 Å². The quantitative estimate of drug-likeness (QED) is 0.612. The zero-order valence-electron chi connectivity index (χ0n) is 14.4. The van der Waals surface area contributed by atoms with E-state index in [1.165, 1.54) is 43.5 Å². The van der Waals surface area contributed by atoms with Gasteiger partial charge in [-0.2, -0.15) is 0 Å². The fourth-order valence-corrected chi connectivity index (χ4v) is 3.19. The van der Waals surface area contributed by atoms with E-state index in [2.05, 4.69) is 10.0 Å². The Kier molecular flexibility index (Phi) is 7.55. The Bertz CT molecular complexity index is 891. The minimum atomic E-state index is -3.64. The van der Waals surface area contributed by atoms with Crippen LogP contribution in [0.5, 0.6) is 5.75 Å². The third-order valence-electron chi connectivity index (χ3n) is 3.31. The van der Waals surface area contributed by atoms with Crippen molar-refractivity contribution in [3.05, 3.63) is 53.3 Å². The highest BCUT2D eigenvalue weighted by atomic mass is 35.5. The molecule has 0 unspecified atom stereocenters. The number of carbonyl (C=O) groups excluding carboxylic acids is 1. The smallest absolute Gasteiger partial charge is 0.262 e. The molecule has 0 aliphatic carbocycles. The van der Waals surface area contributed by atoms with Gasteiger partial charge >= 0.3 is 0 Å². The Hall–Kier alpha value is -2.20. The summed E-state index contributed by atoms with van der Waals surface area (Å²) in [4.78, 5) is 11.9. The molecule has 0 heterocycles. The van der Waals surface area contributed by atoms with E-state index in [-0.39, 0.29) is 29.7 Å². The van der Waals surface area contributed by atoms with E-state index >= 15 is 0 Å². The number of hydrogen-bond donors (Lipinski definition) is 2. The summed E-state index contributed by atoms with van der Waals surface area (Å²) in [5, 5.41) is 2.40. The van der Waals surface area contributed by atoms with Gasteiger partial charge in [-0.15, -0.1) is 0 Å². The van der Waals surface area contributed by atoms with Crippen molar-refractivity contribution in [1.82, 2.24) is 4.72 Å². The van der Waals surface area contributed by atoms with Gasteiger partial charge in [-0.1, -0.05) is 11.6 Å². The average Bonchev–Trinajstić information content (AvgIpc) is 2.63. The van der Waals surface area contributed by atoms with Crippen LogP contribution < -0.4 is 14.8 Å². The lowest BCUT2D eigenvalue weighted by Crippen LogP contribution is -2.27. The third-order valence-corrected chi connectivity index (χ3v) is 5.07. The molecule has 0 radical (unpaired) electrons. The van der Waals surface area contributed by atoms with E-state index < -0.39 is 21.7 Å². The van der Waals surface area contributed by atoms with Gasteiger partial charge in [0.1, 0.15) is 11.6 Å². The number of rotatable bonds is 9. The first kappa shape index (κ1) is 21.1. The van der Waals surface area contributed by atoms with E-state index in [0.29, 0.717) is 11.4 Å². The van der Waals surface area contributed by atoms with Crippen molar-refractivity contribution >= 4 is 33.2 Å². The first-order chi connectivity index (χ1) is 12.8. The molecule has 0 spiro atoms. The lowest BCUT2D eigenvalue weighted by atomic mass is 10.3. The normalized spacial score (nSPS) is 11.2. The predicted octanol–water partition coefficient (Wildman–Crippen LogP) is 2.42. The molecule has 2 N–H and O–H groups in total. The van der Waals surface area contributed by atoms with Crippen molar-refractivity contribution in [2.24, 2.45) is 0 Å². The van der Waals surface area contributed by atoms with Gasteiger partial charge in [-0.3, -0.25) is 4.79 Å². The minimum Gasteiger partial charge on any atom is -0.484 e. The summed E-state index contributed by atoms with van der Waals surface area (Å²) in [6.07, 6.45) is 0. The highest BCUT2D eigenvalue weighted by Gasteiger charge is 2.13. The molecule has 0 saturated carbocycles. The van der Waals surface area contributed by atoms with E-state index in [4.69, 9.17) is 21.1 Å². The van der Waals surface area contributed by atoms with Gasteiger partial charge in [0.25, 0.3) is 5.91 Å². The topological polar surface area (TPSA) is 93.7 Å². The predicted molar refractivity (Wildman–Crippen MR) is 99.0 cm³/mol. The molecule has 146 valence electrons. The van der Waals surface area contributed by atoms with E-state index in [1.807, 2.05) is 0 Å². The van der Waals surface area contributed by atoms with Crippen LogP contribution in [-0.4, -0.2) is 41.2 Å². The van der Waals surface area contributed by atoms with Crippen molar-refractivity contribution in [2.75, 3.05) is 32.2 Å². The SMILES string of the molecule is COCCNS(=O)(=O)c1ccc(OCC(=O)Nc2ccc(F)c(Cl)c2)cc1. The number of ether oxygens (including phenoxy) is 2. The molecule has 0 aliphatic rings. The van der Waals surface area contributed by atoms with Crippen LogP contribution in [0.1, 0.15) is 0 Å². The highest BCUT2D eigenvalue weighted by molar-refractivity contribution is 7.89. The van der Waals surface area contributed by atoms with Crippen molar-refractivity contribution in [1.29, 1.82) is 0 Å². The second-order valence-electron chi connectivity index (χ2n) is 5.33. The molecule has 0 bridgehead atoms. The molecule has 2 aromatic carbocycles. The Morgan fingerprint density at radius 1 is 1.19 bits per heavy atom. The van der Waals surface area contributed by atoms with Crippen LogP contribution in [0.4, 0.5) is 10.1 Å². The fraction of sp³-hybridized carbons (Fsp3) is 0.235. The first-order valence-corrected chi connectivity index (χ1v) is 9.64. The molecule has 0 atom stereocenters. The summed E-state index contributed by atoms with van der Waals surface area (Å²) >= 11 is 5.64. The Balaban J connectivity index is 1.88. The first-order valence-electron chi connectivity index (χ1n) is 7.78. The van der Waals surface area contributed by atoms with Gasteiger partial charge in [0.2, 0.25) is 10.0 Å². The molecular formula is C17H18ClFN2O5S. The second kappa shape index (κ2) is 9.65. The lowest BCUT2D eigenvalue weighted by molar-refractivity contribution is -0.118. The molecule has 0 saturated heterocycles. The number of carbonyl (C=O) groups is 1. The largest absolute Gasteiger partial charge is 0.484 e. The van der Waals surface area contributed by atoms with Crippen LogP contribution in [0.15, 0.2) is 47.4 Å². The maximum absolute atomic E-state index is 13.1. The molecule has 10 heteroatoms. The average molecular weight is 417 g/mol. The summed E-state index contributed by atoms with van der Waals surface area (Å²) in [6.45, 7) is 0.104. The van der Waals surface area contributed by atoms with Crippen molar-refractivity contribution in [3.8, 4) is 5.75 Å². The molecule has 1 amide bonds. The number of anilines is 1. The summed E-state index contributed by atoms with van der Waals surface area (Å²) in [5.74, 6) is -0.744. The summed E-state index contributed by atoms with van der Waals surface area (Å²) < 4.78 is 49.6. The minimum absolute atomic E-state index is 0.0661. The number of amides is 1. The van der Waals surface area contributed by atoms with E-state index in [1.54, 1.807) is 0 Å². The highest BCUT2D eigenvalue weighted by Crippen LogP contribution is 2.19. The molecule has 0 aromatic heterocycles. The number of methoxy groups -OCH3 is 1. The van der Waals surface area contributed by atoms with Crippen LogP contribution in [0.25, 0.3) is 0 Å². The van der Waals surface area contributed by atoms with Gasteiger partial charge in [0.15, 0.2) is 6.61 Å². The van der Waals surface area contributed by atoms with Gasteiger partial charge in [-0.05, 0) is 42.5 Å². The molecular weight excluding hydrogens is 399 g/mol. The molecule has 7 nitrogen and oxygen atoms in total. The Morgan fingerprint density at radius 3 is 2.52 bits per heavy atom. The summed E-state index contributed by atoms with van der Waals surface area (Å²) in [6, 6.07) is 9.39. The fourth-order valence-electron chi connectivity index (χ4n) is 2.00. The van der Waals surface area contributed by atoms with E-state index in [0.717, 1.165) is 6.07 Å². The second-order valence-corrected chi connectivity index (χ2v) is 7.50. The summed E-state index contributed by atoms with van der Waals surface area (Å²) in [7, 11) is -2.16. The Morgan fingerprint density at radius 2 is 1.89 bits per heavy atom. The Labute approximate surface area is 161 Å². The standard InChI is InChI=1S/C17H18ClFN2O5S/c1-25-9-8-20-27(23,24)14-5-3-13(4-6-14)26-11-17(22)21-12-2-7-16(19)15(18)10-12/h2-7,10,20H,8-9,11H2,1H3,(H,21,22). The maximum atomic E-state index is 13.1. The number of halogens is 2. The molecule has 2 aromatic rings. The number of hydrogen-bond acceptors (Lipinski definition) is 5. The zero-order valence-corrected chi connectivity index (χ0v) is 15.9. The van der Waals surface area contributed by atoms with Gasteiger partial charge < -0.3 is 14.8 Å². The molecule has 0 fully saturated rings. The van der Waals surface area contributed by atoms with Crippen LogP contribution in [0.3, 0.4) is 0 Å². The maximum Gasteiger partial charge on any atom is 0.262 e. The third kappa shape index (κ3) is 6.47. The van der Waals surface area contributed by atoms with E-state index in [9.17, 15) is 17.6 Å². The van der Waals surface area contributed by atoms with Crippen LogP contribution in [0.2, 0.25) is 5.02 Å². The van der Waals surface area contributed by atoms with Crippen molar-refractivity contribution in [3.63, 3.8) is 0 Å². The van der Waals surface area contributed by atoms with Gasteiger partial charge in [-0.25, -0.2) is 17.5 Å². The van der Waals surface area contributed by atoms with Crippen LogP contribution in [-0.2, 0) is 19.6 Å². The molecule has 27 heavy (non-hydrogen) atoms. The number of nitrogens with one attached hydrogen (secondary N) is 2. The van der Waals surface area contributed by atoms with Crippen molar-refractivity contribution in [2.45, 2.75) is 4.90 Å². The monoisotopic (exact) mass is 416 g/mol. The van der Waals surface area contributed by atoms with Crippen LogP contribution in [0, 0.1) is 5.82 Å².